The zero-order valence-electron chi connectivity index (χ0n) is 9.62. The lowest BCUT2D eigenvalue weighted by Crippen LogP contribution is -2.48. The summed E-state index contributed by atoms with van der Waals surface area (Å²) in [6.45, 7) is 3.49. The molecule has 0 aromatic heterocycles. The fourth-order valence-corrected chi connectivity index (χ4v) is 3.34. The predicted molar refractivity (Wildman–Crippen MR) is 64.3 cm³/mol. The molecule has 1 fully saturated rings. The van der Waals surface area contributed by atoms with Crippen molar-refractivity contribution in [3.05, 3.63) is 0 Å². The SMILES string of the molecule is CC(C)(CCl)C(=O)NC1CCCS(=O)(=O)C1. The molecule has 0 radical (unpaired) electrons. The summed E-state index contributed by atoms with van der Waals surface area (Å²) in [5, 5.41) is 2.76. The number of alkyl halides is 1. The van der Waals surface area contributed by atoms with Gasteiger partial charge in [0.15, 0.2) is 9.84 Å². The van der Waals surface area contributed by atoms with E-state index in [1.54, 1.807) is 13.8 Å². The van der Waals surface area contributed by atoms with Crippen LogP contribution in [0.3, 0.4) is 0 Å². The van der Waals surface area contributed by atoms with Crippen LogP contribution in [0, 0.1) is 5.41 Å². The Hall–Kier alpha value is -0.290. The normalized spacial score (nSPS) is 25.1. The first-order valence-corrected chi connectivity index (χ1v) is 7.70. The monoisotopic (exact) mass is 267 g/mol. The molecule has 1 heterocycles. The smallest absolute Gasteiger partial charge is 0.227 e. The Morgan fingerprint density at radius 3 is 2.62 bits per heavy atom. The Balaban J connectivity index is 2.58. The first-order valence-electron chi connectivity index (χ1n) is 5.34. The van der Waals surface area contributed by atoms with Gasteiger partial charge in [0.2, 0.25) is 5.91 Å². The number of hydrogen-bond acceptors (Lipinski definition) is 3. The highest BCUT2D eigenvalue weighted by Crippen LogP contribution is 2.19. The van der Waals surface area contributed by atoms with Gasteiger partial charge in [-0.2, -0.15) is 0 Å². The van der Waals surface area contributed by atoms with E-state index in [1.807, 2.05) is 0 Å². The molecule has 1 N–H and O–H groups in total. The summed E-state index contributed by atoms with van der Waals surface area (Å²) >= 11 is 5.68. The minimum absolute atomic E-state index is 0.0527. The van der Waals surface area contributed by atoms with Crippen molar-refractivity contribution < 1.29 is 13.2 Å². The van der Waals surface area contributed by atoms with Gasteiger partial charge in [0.05, 0.1) is 16.9 Å². The van der Waals surface area contributed by atoms with Crippen LogP contribution >= 0.6 is 11.6 Å². The third-order valence-electron chi connectivity index (χ3n) is 2.75. The molecule has 1 saturated heterocycles. The van der Waals surface area contributed by atoms with E-state index in [4.69, 9.17) is 11.6 Å². The molecule has 1 unspecified atom stereocenters. The second-order valence-corrected chi connectivity index (χ2v) is 7.44. The van der Waals surface area contributed by atoms with Crippen LogP contribution in [-0.2, 0) is 14.6 Å². The van der Waals surface area contributed by atoms with E-state index in [0.29, 0.717) is 6.42 Å². The number of carbonyl (C=O) groups is 1. The third kappa shape index (κ3) is 3.63. The van der Waals surface area contributed by atoms with Gasteiger partial charge in [-0.1, -0.05) is 0 Å². The molecule has 0 aromatic carbocycles. The van der Waals surface area contributed by atoms with Crippen LogP contribution in [-0.4, -0.2) is 37.8 Å². The van der Waals surface area contributed by atoms with E-state index >= 15 is 0 Å². The zero-order valence-corrected chi connectivity index (χ0v) is 11.2. The lowest BCUT2D eigenvalue weighted by Gasteiger charge is -2.27. The Labute approximate surface area is 102 Å². The summed E-state index contributed by atoms with van der Waals surface area (Å²) in [7, 11) is -2.98. The zero-order chi connectivity index (χ0) is 12.4. The van der Waals surface area contributed by atoms with Crippen molar-refractivity contribution in [1.29, 1.82) is 0 Å². The molecule has 0 spiro atoms. The fourth-order valence-electron chi connectivity index (χ4n) is 1.58. The highest BCUT2D eigenvalue weighted by atomic mass is 35.5. The van der Waals surface area contributed by atoms with Crippen molar-refractivity contribution >= 4 is 27.3 Å². The van der Waals surface area contributed by atoms with E-state index in [9.17, 15) is 13.2 Å². The molecule has 4 nitrogen and oxygen atoms in total. The average Bonchev–Trinajstić information content (AvgIpc) is 2.16. The van der Waals surface area contributed by atoms with Gasteiger partial charge in [-0.3, -0.25) is 4.79 Å². The molecule has 1 rings (SSSR count). The Morgan fingerprint density at radius 2 is 2.12 bits per heavy atom. The number of carbonyl (C=O) groups excluding carboxylic acids is 1. The van der Waals surface area contributed by atoms with Crippen LogP contribution in [0.25, 0.3) is 0 Å². The summed E-state index contributed by atoms with van der Waals surface area (Å²) < 4.78 is 22.8. The molecular formula is C10H18ClNO3S. The number of halogens is 1. The molecule has 0 aromatic rings. The average molecular weight is 268 g/mol. The molecule has 94 valence electrons. The number of sulfone groups is 1. The predicted octanol–water partition coefficient (Wildman–Crippen LogP) is 0.945. The Bertz CT molecular complexity index is 364. The van der Waals surface area contributed by atoms with Crippen molar-refractivity contribution in [2.24, 2.45) is 5.41 Å². The Morgan fingerprint density at radius 1 is 1.50 bits per heavy atom. The molecule has 6 heteroatoms. The maximum absolute atomic E-state index is 11.8. The van der Waals surface area contributed by atoms with E-state index in [-0.39, 0.29) is 29.3 Å². The first kappa shape index (κ1) is 13.8. The van der Waals surface area contributed by atoms with Crippen molar-refractivity contribution in [2.75, 3.05) is 17.4 Å². The maximum Gasteiger partial charge on any atom is 0.227 e. The molecular weight excluding hydrogens is 250 g/mol. The van der Waals surface area contributed by atoms with E-state index in [1.165, 1.54) is 0 Å². The summed E-state index contributed by atoms with van der Waals surface area (Å²) in [6, 6.07) is -0.256. The fraction of sp³-hybridized carbons (Fsp3) is 0.900. The highest BCUT2D eigenvalue weighted by molar-refractivity contribution is 7.91. The van der Waals surface area contributed by atoms with Gasteiger partial charge in [-0.05, 0) is 26.7 Å². The molecule has 0 bridgehead atoms. The van der Waals surface area contributed by atoms with Crippen molar-refractivity contribution in [3.63, 3.8) is 0 Å². The quantitative estimate of drug-likeness (QED) is 0.775. The van der Waals surface area contributed by atoms with Gasteiger partial charge in [0.25, 0.3) is 0 Å². The second-order valence-electron chi connectivity index (χ2n) is 4.94. The lowest BCUT2D eigenvalue weighted by molar-refractivity contribution is -0.128. The van der Waals surface area contributed by atoms with Crippen LogP contribution in [0.15, 0.2) is 0 Å². The third-order valence-corrected chi connectivity index (χ3v) is 5.24. The molecule has 16 heavy (non-hydrogen) atoms. The minimum atomic E-state index is -2.98. The first-order chi connectivity index (χ1) is 7.27. The van der Waals surface area contributed by atoms with Gasteiger partial charge in [0, 0.05) is 11.9 Å². The number of rotatable bonds is 3. The minimum Gasteiger partial charge on any atom is -0.352 e. The maximum atomic E-state index is 11.8. The van der Waals surface area contributed by atoms with E-state index in [0.717, 1.165) is 6.42 Å². The number of hydrogen-bond donors (Lipinski definition) is 1. The largest absolute Gasteiger partial charge is 0.352 e. The van der Waals surface area contributed by atoms with Gasteiger partial charge in [-0.25, -0.2) is 8.42 Å². The molecule has 1 atom stereocenters. The van der Waals surface area contributed by atoms with E-state index in [2.05, 4.69) is 5.32 Å². The standard InChI is InChI=1S/C10H18ClNO3S/c1-10(2,7-11)9(13)12-8-4-3-5-16(14,15)6-8/h8H,3-7H2,1-2H3,(H,12,13). The molecule has 0 saturated carbocycles. The van der Waals surface area contributed by atoms with Crippen LogP contribution in [0.1, 0.15) is 26.7 Å². The van der Waals surface area contributed by atoms with E-state index < -0.39 is 15.3 Å². The second kappa shape index (κ2) is 4.92. The van der Waals surface area contributed by atoms with Crippen molar-refractivity contribution in [2.45, 2.75) is 32.7 Å². The van der Waals surface area contributed by atoms with Crippen LogP contribution in [0.5, 0.6) is 0 Å². The summed E-state index contributed by atoms with van der Waals surface area (Å²) in [5.74, 6) is 0.331. The number of nitrogens with one attached hydrogen (secondary N) is 1. The number of amides is 1. The van der Waals surface area contributed by atoms with Crippen molar-refractivity contribution in [3.8, 4) is 0 Å². The molecule has 1 aliphatic rings. The van der Waals surface area contributed by atoms with Gasteiger partial charge >= 0.3 is 0 Å². The molecule has 1 aliphatic heterocycles. The van der Waals surface area contributed by atoms with Crippen LogP contribution < -0.4 is 5.32 Å². The highest BCUT2D eigenvalue weighted by Gasteiger charge is 2.31. The van der Waals surface area contributed by atoms with Gasteiger partial charge in [-0.15, -0.1) is 11.6 Å². The lowest BCUT2D eigenvalue weighted by atomic mass is 9.94. The Kier molecular flexibility index (Phi) is 4.23. The summed E-state index contributed by atoms with van der Waals surface area (Å²) in [5.41, 5.74) is -0.650. The van der Waals surface area contributed by atoms with Crippen LogP contribution in [0.4, 0.5) is 0 Å². The van der Waals surface area contributed by atoms with Crippen molar-refractivity contribution in [1.82, 2.24) is 5.32 Å². The molecule has 0 aliphatic carbocycles. The molecule has 1 amide bonds. The summed E-state index contributed by atoms with van der Waals surface area (Å²) in [6.07, 6.45) is 1.35. The topological polar surface area (TPSA) is 63.2 Å². The van der Waals surface area contributed by atoms with Gasteiger partial charge < -0.3 is 5.32 Å². The summed E-state index contributed by atoms with van der Waals surface area (Å²) in [4.78, 5) is 11.8. The van der Waals surface area contributed by atoms with Gasteiger partial charge in [0.1, 0.15) is 0 Å². The van der Waals surface area contributed by atoms with Crippen LogP contribution in [0.2, 0.25) is 0 Å².